The number of hydrogen-bond acceptors (Lipinski definition) is 5. The monoisotopic (exact) mass is 232 g/mol. The lowest BCUT2D eigenvalue weighted by Gasteiger charge is -2.21. The van der Waals surface area contributed by atoms with Crippen molar-refractivity contribution in [1.82, 2.24) is 5.32 Å². The fourth-order valence-electron chi connectivity index (χ4n) is 1.15. The molecule has 0 saturated heterocycles. The molecule has 7 nitrogen and oxygen atoms in total. The Balaban J connectivity index is 4.73. The fraction of sp³-hybridized carbons (Fsp3) is 0.778. The van der Waals surface area contributed by atoms with Gasteiger partial charge >= 0.3 is 5.97 Å². The van der Waals surface area contributed by atoms with Crippen LogP contribution in [0.1, 0.15) is 27.2 Å². The summed E-state index contributed by atoms with van der Waals surface area (Å²) in [5, 5.41) is 13.0. The first-order valence-corrected chi connectivity index (χ1v) is 4.70. The molecule has 0 aliphatic carbocycles. The normalized spacial score (nSPS) is 12.8. The molecule has 0 rings (SSSR count). The lowest BCUT2D eigenvalue weighted by atomic mass is 9.96. The van der Waals surface area contributed by atoms with Crippen LogP contribution in [0.5, 0.6) is 0 Å². The van der Waals surface area contributed by atoms with Crippen molar-refractivity contribution in [3.63, 3.8) is 0 Å². The maximum atomic E-state index is 11.3. The van der Waals surface area contributed by atoms with Gasteiger partial charge in [-0.25, -0.2) is 4.79 Å². The molecule has 1 amide bonds. The van der Waals surface area contributed by atoms with Gasteiger partial charge in [0.25, 0.3) is 0 Å². The molecule has 1 atom stereocenters. The van der Waals surface area contributed by atoms with Crippen molar-refractivity contribution in [2.75, 3.05) is 7.11 Å². The van der Waals surface area contributed by atoms with E-state index in [1.54, 1.807) is 0 Å². The lowest BCUT2D eigenvalue weighted by Crippen LogP contribution is -2.47. The minimum atomic E-state index is -1.30. The summed E-state index contributed by atoms with van der Waals surface area (Å²) >= 11 is 0. The van der Waals surface area contributed by atoms with E-state index < -0.39 is 28.4 Å². The molecule has 0 heterocycles. The maximum absolute atomic E-state index is 11.3. The summed E-state index contributed by atoms with van der Waals surface area (Å²) in [5.74, 6) is -1.13. The molecule has 1 unspecified atom stereocenters. The third kappa shape index (κ3) is 4.24. The Bertz CT molecular complexity index is 300. The minimum absolute atomic E-state index is 0.119. The van der Waals surface area contributed by atoms with Crippen molar-refractivity contribution in [3.8, 4) is 0 Å². The third-order valence-electron chi connectivity index (χ3n) is 2.06. The van der Waals surface area contributed by atoms with Gasteiger partial charge in [0.05, 0.1) is 7.11 Å². The molecule has 92 valence electrons. The quantitative estimate of drug-likeness (QED) is 0.412. The topological polar surface area (TPSA) is 98.5 Å². The number of amides is 1. The van der Waals surface area contributed by atoms with E-state index in [9.17, 15) is 19.7 Å². The zero-order chi connectivity index (χ0) is 12.9. The van der Waals surface area contributed by atoms with Crippen molar-refractivity contribution in [1.29, 1.82) is 0 Å². The number of carbonyl (C=O) groups excluding carboxylic acids is 2. The molecule has 16 heavy (non-hydrogen) atoms. The molecule has 0 radical (unpaired) electrons. The predicted molar refractivity (Wildman–Crippen MR) is 55.3 cm³/mol. The van der Waals surface area contributed by atoms with Gasteiger partial charge in [0.15, 0.2) is 0 Å². The largest absolute Gasteiger partial charge is 0.467 e. The van der Waals surface area contributed by atoms with Crippen LogP contribution in [0.15, 0.2) is 0 Å². The van der Waals surface area contributed by atoms with Crippen molar-refractivity contribution < 1.29 is 19.2 Å². The highest BCUT2D eigenvalue weighted by molar-refractivity contribution is 5.83. The number of carbonyl (C=O) groups is 2. The van der Waals surface area contributed by atoms with Crippen LogP contribution in [0, 0.1) is 10.1 Å². The summed E-state index contributed by atoms with van der Waals surface area (Å²) in [4.78, 5) is 32.3. The number of rotatable bonds is 5. The summed E-state index contributed by atoms with van der Waals surface area (Å²) in [6.07, 6.45) is -0.119. The van der Waals surface area contributed by atoms with E-state index in [1.165, 1.54) is 20.8 Å². The smallest absolute Gasteiger partial charge is 0.328 e. The number of methoxy groups -OCH3 is 1. The third-order valence-corrected chi connectivity index (χ3v) is 2.06. The number of hydrogen-bond donors (Lipinski definition) is 1. The summed E-state index contributed by atoms with van der Waals surface area (Å²) in [6, 6.07) is -0.997. The van der Waals surface area contributed by atoms with Gasteiger partial charge in [-0.1, -0.05) is 0 Å². The molecule has 0 aromatic heterocycles. The van der Waals surface area contributed by atoms with Gasteiger partial charge < -0.3 is 10.1 Å². The molecule has 0 bridgehead atoms. The Morgan fingerprint density at radius 3 is 2.31 bits per heavy atom. The van der Waals surface area contributed by atoms with Gasteiger partial charge in [-0.2, -0.15) is 0 Å². The van der Waals surface area contributed by atoms with E-state index in [2.05, 4.69) is 10.1 Å². The molecule has 0 aromatic rings. The second-order valence-corrected chi connectivity index (χ2v) is 4.05. The van der Waals surface area contributed by atoms with Gasteiger partial charge in [-0.15, -0.1) is 0 Å². The van der Waals surface area contributed by atoms with E-state index in [4.69, 9.17) is 0 Å². The highest BCUT2D eigenvalue weighted by atomic mass is 16.6. The zero-order valence-electron chi connectivity index (χ0n) is 9.77. The maximum Gasteiger partial charge on any atom is 0.328 e. The molecule has 0 fully saturated rings. The van der Waals surface area contributed by atoms with Crippen LogP contribution in [0.4, 0.5) is 0 Å². The Morgan fingerprint density at radius 2 is 2.00 bits per heavy atom. The lowest BCUT2D eigenvalue weighted by molar-refractivity contribution is -0.561. The van der Waals surface area contributed by atoms with Gasteiger partial charge in [0, 0.05) is 32.1 Å². The van der Waals surface area contributed by atoms with Crippen LogP contribution in [0.3, 0.4) is 0 Å². The molecular formula is C9H16N2O5. The summed E-state index contributed by atoms with van der Waals surface area (Å²) in [6.45, 7) is 3.99. The highest BCUT2D eigenvalue weighted by Crippen LogP contribution is 2.16. The number of ether oxygens (including phenoxy) is 1. The van der Waals surface area contributed by atoms with Crippen molar-refractivity contribution in [2.45, 2.75) is 38.8 Å². The SMILES string of the molecule is COC(=O)C(CC(C)(C)[N+](=O)[O-])NC(C)=O. The van der Waals surface area contributed by atoms with Gasteiger partial charge in [-0.05, 0) is 0 Å². The summed E-state index contributed by atoms with van der Waals surface area (Å²) in [7, 11) is 1.16. The van der Waals surface area contributed by atoms with E-state index >= 15 is 0 Å². The summed E-state index contributed by atoms with van der Waals surface area (Å²) < 4.78 is 4.46. The minimum Gasteiger partial charge on any atom is -0.467 e. The number of nitrogens with zero attached hydrogens (tertiary/aromatic N) is 1. The molecule has 0 aliphatic rings. The summed E-state index contributed by atoms with van der Waals surface area (Å²) in [5.41, 5.74) is -1.30. The average molecular weight is 232 g/mol. The fourth-order valence-corrected chi connectivity index (χ4v) is 1.15. The number of nitro groups is 1. The zero-order valence-corrected chi connectivity index (χ0v) is 9.77. The Kier molecular flexibility index (Phi) is 4.87. The average Bonchev–Trinajstić information content (AvgIpc) is 2.14. The molecule has 0 spiro atoms. The van der Waals surface area contributed by atoms with Crippen LogP contribution in [0.2, 0.25) is 0 Å². The molecule has 1 N–H and O–H groups in total. The van der Waals surface area contributed by atoms with Crippen LogP contribution >= 0.6 is 0 Å². The Hall–Kier alpha value is -1.66. The molecular weight excluding hydrogens is 216 g/mol. The second-order valence-electron chi connectivity index (χ2n) is 4.05. The Labute approximate surface area is 93.3 Å². The van der Waals surface area contributed by atoms with Gasteiger partial charge in [0.2, 0.25) is 11.4 Å². The molecule has 0 aromatic carbocycles. The second kappa shape index (κ2) is 5.43. The first-order chi connectivity index (χ1) is 7.20. The molecule has 0 aliphatic heterocycles. The standard InChI is InChI=1S/C9H16N2O5/c1-6(12)10-7(8(13)16-4)5-9(2,3)11(14)15/h7H,5H2,1-4H3,(H,10,12). The van der Waals surface area contributed by atoms with Crippen LogP contribution < -0.4 is 5.32 Å². The van der Waals surface area contributed by atoms with Crippen molar-refractivity contribution >= 4 is 11.9 Å². The van der Waals surface area contributed by atoms with Gasteiger partial charge in [0.1, 0.15) is 6.04 Å². The van der Waals surface area contributed by atoms with E-state index in [1.807, 2.05) is 0 Å². The van der Waals surface area contributed by atoms with E-state index in [-0.39, 0.29) is 6.42 Å². The van der Waals surface area contributed by atoms with E-state index in [0.717, 1.165) is 7.11 Å². The number of esters is 1. The predicted octanol–water partition coefficient (Wildman–Crippen LogP) is 0.109. The van der Waals surface area contributed by atoms with Crippen LogP contribution in [-0.4, -0.2) is 35.5 Å². The van der Waals surface area contributed by atoms with Gasteiger partial charge in [-0.3, -0.25) is 14.9 Å². The first kappa shape index (κ1) is 14.3. The van der Waals surface area contributed by atoms with Crippen LogP contribution in [0.25, 0.3) is 0 Å². The van der Waals surface area contributed by atoms with Crippen LogP contribution in [-0.2, 0) is 14.3 Å². The number of nitrogens with one attached hydrogen (secondary N) is 1. The van der Waals surface area contributed by atoms with Crippen molar-refractivity contribution in [3.05, 3.63) is 10.1 Å². The Morgan fingerprint density at radius 1 is 1.50 bits per heavy atom. The molecule has 7 heteroatoms. The van der Waals surface area contributed by atoms with E-state index in [0.29, 0.717) is 0 Å². The highest BCUT2D eigenvalue weighted by Gasteiger charge is 2.37. The first-order valence-electron chi connectivity index (χ1n) is 4.70. The molecule has 0 saturated carbocycles. The van der Waals surface area contributed by atoms with Crippen molar-refractivity contribution in [2.24, 2.45) is 0 Å².